The number of rotatable bonds is 6. The van der Waals surface area contributed by atoms with E-state index < -0.39 is 0 Å². The molecule has 0 spiro atoms. The van der Waals surface area contributed by atoms with Crippen molar-refractivity contribution >= 4 is 0 Å². The van der Waals surface area contributed by atoms with E-state index in [-0.39, 0.29) is 6.10 Å². The van der Waals surface area contributed by atoms with Crippen molar-refractivity contribution in [2.45, 2.75) is 40.0 Å². The Balaban J connectivity index is 1.94. The van der Waals surface area contributed by atoms with Gasteiger partial charge in [-0.05, 0) is 39.0 Å². The minimum atomic E-state index is 0.127. The first-order valence-electron chi connectivity index (χ1n) is 6.89. The average molecular weight is 271 g/mol. The van der Waals surface area contributed by atoms with Crippen LogP contribution >= 0.6 is 0 Å². The van der Waals surface area contributed by atoms with Gasteiger partial charge < -0.3 is 10.1 Å². The predicted molar refractivity (Wildman–Crippen MR) is 79.5 cm³/mol. The molecule has 2 aromatic heterocycles. The van der Waals surface area contributed by atoms with Crippen LogP contribution in [0.5, 0.6) is 5.88 Å². The molecular weight excluding hydrogens is 250 g/mol. The van der Waals surface area contributed by atoms with E-state index >= 15 is 0 Å². The van der Waals surface area contributed by atoms with Crippen LogP contribution in [-0.4, -0.2) is 16.1 Å². The van der Waals surface area contributed by atoms with Gasteiger partial charge in [-0.25, -0.2) is 4.98 Å². The Kier molecular flexibility index (Phi) is 5.07. The number of nitrogens with zero attached hydrogens (tertiary/aromatic N) is 2. The highest BCUT2D eigenvalue weighted by molar-refractivity contribution is 5.25. The summed E-state index contributed by atoms with van der Waals surface area (Å²) >= 11 is 0. The Morgan fingerprint density at radius 2 is 2.00 bits per heavy atom. The number of aromatic nitrogens is 2. The molecule has 0 aliphatic heterocycles. The Labute approximate surface area is 120 Å². The van der Waals surface area contributed by atoms with E-state index in [1.54, 1.807) is 6.20 Å². The summed E-state index contributed by atoms with van der Waals surface area (Å²) in [5, 5.41) is 3.38. The fourth-order valence-electron chi connectivity index (χ4n) is 1.91. The summed E-state index contributed by atoms with van der Waals surface area (Å²) in [6.45, 7) is 7.45. The summed E-state index contributed by atoms with van der Waals surface area (Å²) in [7, 11) is 0. The van der Waals surface area contributed by atoms with E-state index in [0.717, 1.165) is 23.5 Å². The first-order valence-corrected chi connectivity index (χ1v) is 6.89. The second-order valence-corrected chi connectivity index (χ2v) is 5.01. The topological polar surface area (TPSA) is 47.0 Å². The molecule has 106 valence electrons. The molecule has 0 unspecified atom stereocenters. The predicted octanol–water partition coefficient (Wildman–Crippen LogP) is 2.86. The number of hydrogen-bond acceptors (Lipinski definition) is 4. The number of nitrogens with one attached hydrogen (secondary N) is 1. The van der Waals surface area contributed by atoms with Crippen molar-refractivity contribution in [3.63, 3.8) is 0 Å². The first-order chi connectivity index (χ1) is 9.65. The molecule has 20 heavy (non-hydrogen) atoms. The SMILES string of the molecule is Cc1cccc(CNCc2cccnc2OC(C)C)n1. The maximum atomic E-state index is 5.70. The maximum Gasteiger partial charge on any atom is 0.218 e. The van der Waals surface area contributed by atoms with Gasteiger partial charge >= 0.3 is 0 Å². The van der Waals surface area contributed by atoms with Crippen LogP contribution in [0.1, 0.15) is 30.8 Å². The molecule has 0 saturated heterocycles. The summed E-state index contributed by atoms with van der Waals surface area (Å²) < 4.78 is 5.70. The minimum absolute atomic E-state index is 0.127. The highest BCUT2D eigenvalue weighted by Gasteiger charge is 2.06. The number of hydrogen-bond donors (Lipinski definition) is 1. The summed E-state index contributed by atoms with van der Waals surface area (Å²) in [5.41, 5.74) is 3.14. The Hall–Kier alpha value is -1.94. The van der Waals surface area contributed by atoms with Crippen LogP contribution in [0, 0.1) is 6.92 Å². The molecule has 0 amide bonds. The normalized spacial score (nSPS) is 10.8. The second-order valence-electron chi connectivity index (χ2n) is 5.01. The van der Waals surface area contributed by atoms with Crippen LogP contribution in [0.15, 0.2) is 36.5 Å². The van der Waals surface area contributed by atoms with Crippen molar-refractivity contribution in [3.8, 4) is 5.88 Å². The largest absolute Gasteiger partial charge is 0.475 e. The third kappa shape index (κ3) is 4.31. The maximum absolute atomic E-state index is 5.70. The molecule has 0 aliphatic carbocycles. The lowest BCUT2D eigenvalue weighted by Gasteiger charge is -2.13. The molecule has 2 rings (SSSR count). The van der Waals surface area contributed by atoms with Crippen molar-refractivity contribution in [3.05, 3.63) is 53.5 Å². The third-order valence-electron chi connectivity index (χ3n) is 2.76. The molecule has 4 nitrogen and oxygen atoms in total. The minimum Gasteiger partial charge on any atom is -0.475 e. The van der Waals surface area contributed by atoms with E-state index in [9.17, 15) is 0 Å². The number of pyridine rings is 2. The van der Waals surface area contributed by atoms with Crippen LogP contribution in [-0.2, 0) is 13.1 Å². The molecule has 0 bridgehead atoms. The first kappa shape index (κ1) is 14.5. The molecule has 2 aromatic rings. The van der Waals surface area contributed by atoms with Crippen molar-refractivity contribution < 1.29 is 4.74 Å². The van der Waals surface area contributed by atoms with Crippen LogP contribution < -0.4 is 10.1 Å². The summed E-state index contributed by atoms with van der Waals surface area (Å²) in [6.07, 6.45) is 1.88. The average Bonchev–Trinajstić information content (AvgIpc) is 2.40. The molecule has 0 aliphatic rings. The molecular formula is C16H21N3O. The van der Waals surface area contributed by atoms with Crippen LogP contribution in [0.2, 0.25) is 0 Å². The van der Waals surface area contributed by atoms with Gasteiger partial charge in [0.05, 0.1) is 11.8 Å². The van der Waals surface area contributed by atoms with Gasteiger partial charge in [-0.15, -0.1) is 0 Å². The molecule has 0 saturated carbocycles. The standard InChI is InChI=1S/C16H21N3O/c1-12(2)20-16-14(7-5-9-18-16)10-17-11-15-8-4-6-13(3)19-15/h4-9,12,17H,10-11H2,1-3H3. The molecule has 0 aromatic carbocycles. The third-order valence-corrected chi connectivity index (χ3v) is 2.76. The highest BCUT2D eigenvalue weighted by Crippen LogP contribution is 2.15. The number of ether oxygens (including phenoxy) is 1. The summed E-state index contributed by atoms with van der Waals surface area (Å²) in [6, 6.07) is 10.0. The van der Waals surface area contributed by atoms with E-state index in [2.05, 4.69) is 15.3 Å². The lowest BCUT2D eigenvalue weighted by molar-refractivity contribution is 0.229. The Morgan fingerprint density at radius 1 is 1.15 bits per heavy atom. The van der Waals surface area contributed by atoms with E-state index in [4.69, 9.17) is 4.74 Å². The monoisotopic (exact) mass is 271 g/mol. The molecule has 4 heteroatoms. The quantitative estimate of drug-likeness (QED) is 0.877. The van der Waals surface area contributed by atoms with Crippen molar-refractivity contribution in [2.75, 3.05) is 0 Å². The van der Waals surface area contributed by atoms with Crippen LogP contribution in [0.3, 0.4) is 0 Å². The van der Waals surface area contributed by atoms with Gasteiger partial charge in [-0.2, -0.15) is 0 Å². The molecule has 0 atom stereocenters. The van der Waals surface area contributed by atoms with Crippen LogP contribution in [0.4, 0.5) is 0 Å². The molecule has 1 N–H and O–H groups in total. The fraction of sp³-hybridized carbons (Fsp3) is 0.375. The fourth-order valence-corrected chi connectivity index (χ4v) is 1.91. The number of aryl methyl sites for hydroxylation is 1. The van der Waals surface area contributed by atoms with Gasteiger partial charge in [-0.3, -0.25) is 4.98 Å². The van der Waals surface area contributed by atoms with E-state index in [1.165, 1.54) is 0 Å². The zero-order valence-electron chi connectivity index (χ0n) is 12.3. The van der Waals surface area contributed by atoms with E-state index in [1.807, 2.05) is 51.1 Å². The van der Waals surface area contributed by atoms with E-state index in [0.29, 0.717) is 12.4 Å². The second kappa shape index (κ2) is 7.01. The van der Waals surface area contributed by atoms with Crippen molar-refractivity contribution in [1.82, 2.24) is 15.3 Å². The molecule has 0 fully saturated rings. The van der Waals surface area contributed by atoms with Gasteiger partial charge in [0.15, 0.2) is 0 Å². The Bertz CT molecular complexity index is 555. The Morgan fingerprint density at radius 3 is 2.75 bits per heavy atom. The zero-order valence-corrected chi connectivity index (χ0v) is 12.3. The lowest BCUT2D eigenvalue weighted by Crippen LogP contribution is -2.16. The summed E-state index contributed by atoms with van der Waals surface area (Å²) in [5.74, 6) is 0.701. The highest BCUT2D eigenvalue weighted by atomic mass is 16.5. The van der Waals surface area contributed by atoms with Gasteiger partial charge in [0, 0.05) is 30.5 Å². The smallest absolute Gasteiger partial charge is 0.218 e. The van der Waals surface area contributed by atoms with Gasteiger partial charge in [0.1, 0.15) is 0 Å². The lowest BCUT2D eigenvalue weighted by atomic mass is 10.2. The molecule has 2 heterocycles. The van der Waals surface area contributed by atoms with Gasteiger partial charge in [-0.1, -0.05) is 12.1 Å². The summed E-state index contributed by atoms with van der Waals surface area (Å²) in [4.78, 5) is 8.75. The van der Waals surface area contributed by atoms with Crippen LogP contribution in [0.25, 0.3) is 0 Å². The zero-order chi connectivity index (χ0) is 14.4. The van der Waals surface area contributed by atoms with Gasteiger partial charge in [0.2, 0.25) is 5.88 Å². The molecule has 0 radical (unpaired) electrons. The van der Waals surface area contributed by atoms with Gasteiger partial charge in [0.25, 0.3) is 0 Å². The van der Waals surface area contributed by atoms with Crippen molar-refractivity contribution in [1.29, 1.82) is 0 Å². The van der Waals surface area contributed by atoms with Crippen molar-refractivity contribution in [2.24, 2.45) is 0 Å².